The molecule has 3 rings (SSSR count). The molecule has 0 aliphatic heterocycles. The van der Waals surface area contributed by atoms with E-state index < -0.39 is 10.0 Å². The Kier molecular flexibility index (Phi) is 7.33. The van der Waals surface area contributed by atoms with Gasteiger partial charge in [-0.1, -0.05) is 19.1 Å². The Hall–Kier alpha value is -2.59. The highest BCUT2D eigenvalue weighted by Crippen LogP contribution is 2.19. The van der Waals surface area contributed by atoms with E-state index in [2.05, 4.69) is 39.6 Å². The second kappa shape index (κ2) is 9.94. The average molecular weight is 536 g/mol. The molecule has 0 atom stereocenters. The summed E-state index contributed by atoms with van der Waals surface area (Å²) in [5, 5.41) is 2.69. The summed E-state index contributed by atoms with van der Waals surface area (Å²) in [7, 11) is -3.71. The second-order valence-electron chi connectivity index (χ2n) is 6.47. The standard InChI is InChI=1S/C22H21IN2O4S/c1-2-16-3-11-20(12-4-16)29-15-22(26)24-18-9-13-21(14-10-18)30(27,28)25-19-7-5-17(23)6-8-19/h3-14,25H,2,15H2,1H3,(H,24,26). The quantitative estimate of drug-likeness (QED) is 0.410. The van der Waals surface area contributed by atoms with Crippen LogP contribution in [-0.4, -0.2) is 20.9 Å². The van der Waals surface area contributed by atoms with Crippen molar-refractivity contribution in [2.45, 2.75) is 18.2 Å². The fourth-order valence-electron chi connectivity index (χ4n) is 2.62. The molecule has 0 aliphatic rings. The number of carbonyl (C=O) groups is 1. The van der Waals surface area contributed by atoms with E-state index in [0.717, 1.165) is 9.99 Å². The minimum Gasteiger partial charge on any atom is -0.484 e. The van der Waals surface area contributed by atoms with E-state index in [-0.39, 0.29) is 17.4 Å². The van der Waals surface area contributed by atoms with Crippen LogP contribution in [0.3, 0.4) is 0 Å². The first-order valence-electron chi connectivity index (χ1n) is 9.26. The molecule has 0 aliphatic carbocycles. The molecule has 6 nitrogen and oxygen atoms in total. The third-order valence-corrected chi connectivity index (χ3v) is 6.36. The number of amides is 1. The zero-order valence-electron chi connectivity index (χ0n) is 16.3. The van der Waals surface area contributed by atoms with Gasteiger partial charge in [0, 0.05) is 14.9 Å². The molecule has 2 N–H and O–H groups in total. The molecule has 8 heteroatoms. The van der Waals surface area contributed by atoms with Crippen molar-refractivity contribution in [2.24, 2.45) is 0 Å². The summed E-state index contributed by atoms with van der Waals surface area (Å²) < 4.78 is 34.0. The number of anilines is 2. The lowest BCUT2D eigenvalue weighted by Crippen LogP contribution is -2.20. The number of sulfonamides is 1. The van der Waals surface area contributed by atoms with Crippen LogP contribution < -0.4 is 14.8 Å². The molecule has 0 fully saturated rings. The highest BCUT2D eigenvalue weighted by molar-refractivity contribution is 14.1. The maximum atomic E-state index is 12.5. The number of nitrogens with one attached hydrogen (secondary N) is 2. The first-order chi connectivity index (χ1) is 14.4. The SMILES string of the molecule is CCc1ccc(OCC(=O)Nc2ccc(S(=O)(=O)Nc3ccc(I)cc3)cc2)cc1. The molecule has 0 spiro atoms. The molecular weight excluding hydrogens is 515 g/mol. The minimum absolute atomic E-state index is 0.103. The molecule has 0 radical (unpaired) electrons. The Morgan fingerprint density at radius 2 is 1.50 bits per heavy atom. The van der Waals surface area contributed by atoms with Crippen LogP contribution in [0, 0.1) is 3.57 Å². The van der Waals surface area contributed by atoms with Gasteiger partial charge in [0.25, 0.3) is 15.9 Å². The van der Waals surface area contributed by atoms with Crippen molar-refractivity contribution in [2.75, 3.05) is 16.6 Å². The summed E-state index contributed by atoms with van der Waals surface area (Å²) in [4.78, 5) is 12.2. The Morgan fingerprint density at radius 3 is 2.10 bits per heavy atom. The van der Waals surface area contributed by atoms with Gasteiger partial charge in [0.2, 0.25) is 0 Å². The van der Waals surface area contributed by atoms with Crippen LogP contribution in [0.25, 0.3) is 0 Å². The van der Waals surface area contributed by atoms with E-state index in [1.807, 2.05) is 36.4 Å². The second-order valence-corrected chi connectivity index (χ2v) is 9.40. The Morgan fingerprint density at radius 1 is 0.900 bits per heavy atom. The fraction of sp³-hybridized carbons (Fsp3) is 0.136. The van der Waals surface area contributed by atoms with Crippen molar-refractivity contribution >= 4 is 49.9 Å². The minimum atomic E-state index is -3.71. The Balaban J connectivity index is 1.56. The van der Waals surface area contributed by atoms with E-state index in [1.54, 1.807) is 12.1 Å². The number of aryl methyl sites for hydroxylation is 1. The molecule has 3 aromatic carbocycles. The number of benzene rings is 3. The number of rotatable bonds is 8. The van der Waals surface area contributed by atoms with Gasteiger partial charge in [-0.05, 0) is 95.2 Å². The first kappa shape index (κ1) is 22.1. The zero-order valence-corrected chi connectivity index (χ0v) is 19.2. The summed E-state index contributed by atoms with van der Waals surface area (Å²) in [5.41, 5.74) is 2.16. The van der Waals surface area contributed by atoms with E-state index in [4.69, 9.17) is 4.74 Å². The summed E-state index contributed by atoms with van der Waals surface area (Å²) >= 11 is 2.15. The summed E-state index contributed by atoms with van der Waals surface area (Å²) in [6, 6.07) is 20.5. The van der Waals surface area contributed by atoms with Crippen molar-refractivity contribution < 1.29 is 17.9 Å². The first-order valence-corrected chi connectivity index (χ1v) is 11.8. The monoisotopic (exact) mass is 536 g/mol. The van der Waals surface area contributed by atoms with Gasteiger partial charge in [-0.2, -0.15) is 0 Å². The molecule has 1 amide bonds. The van der Waals surface area contributed by atoms with Gasteiger partial charge in [-0.25, -0.2) is 8.42 Å². The number of hydrogen-bond acceptors (Lipinski definition) is 4. The lowest BCUT2D eigenvalue weighted by Gasteiger charge is -2.10. The molecule has 0 unspecified atom stereocenters. The molecule has 0 heterocycles. The van der Waals surface area contributed by atoms with Crippen LogP contribution >= 0.6 is 22.6 Å². The summed E-state index contributed by atoms with van der Waals surface area (Å²) in [5.74, 6) is 0.285. The van der Waals surface area contributed by atoms with Gasteiger partial charge in [0.05, 0.1) is 4.90 Å². The van der Waals surface area contributed by atoms with Gasteiger partial charge < -0.3 is 10.1 Å². The van der Waals surface area contributed by atoms with E-state index in [0.29, 0.717) is 17.1 Å². The van der Waals surface area contributed by atoms with Crippen LogP contribution in [0.1, 0.15) is 12.5 Å². The number of halogens is 1. The topological polar surface area (TPSA) is 84.5 Å². The maximum Gasteiger partial charge on any atom is 0.262 e. The van der Waals surface area contributed by atoms with Crippen LogP contribution in [0.2, 0.25) is 0 Å². The van der Waals surface area contributed by atoms with Crippen molar-refractivity contribution in [3.05, 3.63) is 81.9 Å². The molecular formula is C22H21IN2O4S. The average Bonchev–Trinajstić information content (AvgIpc) is 2.74. The Labute approximate surface area is 189 Å². The van der Waals surface area contributed by atoms with E-state index in [9.17, 15) is 13.2 Å². The third-order valence-electron chi connectivity index (χ3n) is 4.25. The molecule has 0 bridgehead atoms. The normalized spacial score (nSPS) is 11.0. The maximum absolute atomic E-state index is 12.5. The van der Waals surface area contributed by atoms with Crippen molar-refractivity contribution in [1.29, 1.82) is 0 Å². The van der Waals surface area contributed by atoms with Gasteiger partial charge in [-0.15, -0.1) is 0 Å². The predicted molar refractivity (Wildman–Crippen MR) is 126 cm³/mol. The van der Waals surface area contributed by atoms with Crippen LogP contribution in [0.15, 0.2) is 77.7 Å². The number of carbonyl (C=O) groups excluding carboxylic acids is 1. The highest BCUT2D eigenvalue weighted by Gasteiger charge is 2.14. The predicted octanol–water partition coefficient (Wildman–Crippen LogP) is 4.67. The molecule has 0 aromatic heterocycles. The molecule has 0 saturated carbocycles. The smallest absolute Gasteiger partial charge is 0.262 e. The van der Waals surface area contributed by atoms with E-state index in [1.165, 1.54) is 29.8 Å². The van der Waals surface area contributed by atoms with Crippen molar-refractivity contribution in [1.82, 2.24) is 0 Å². The molecule has 0 saturated heterocycles. The molecule has 156 valence electrons. The summed E-state index contributed by atoms with van der Waals surface area (Å²) in [6.45, 7) is 1.93. The number of ether oxygens (including phenoxy) is 1. The van der Waals surface area contributed by atoms with Crippen molar-refractivity contribution in [3.63, 3.8) is 0 Å². The van der Waals surface area contributed by atoms with Crippen LogP contribution in [-0.2, 0) is 21.2 Å². The van der Waals surface area contributed by atoms with Gasteiger partial charge in [0.1, 0.15) is 5.75 Å². The van der Waals surface area contributed by atoms with E-state index >= 15 is 0 Å². The van der Waals surface area contributed by atoms with Crippen LogP contribution in [0.4, 0.5) is 11.4 Å². The van der Waals surface area contributed by atoms with Gasteiger partial charge >= 0.3 is 0 Å². The number of hydrogen-bond donors (Lipinski definition) is 2. The lowest BCUT2D eigenvalue weighted by molar-refractivity contribution is -0.118. The highest BCUT2D eigenvalue weighted by atomic mass is 127. The largest absolute Gasteiger partial charge is 0.484 e. The van der Waals surface area contributed by atoms with Crippen molar-refractivity contribution in [3.8, 4) is 5.75 Å². The molecule has 3 aromatic rings. The summed E-state index contributed by atoms with van der Waals surface area (Å²) in [6.07, 6.45) is 0.937. The fourth-order valence-corrected chi connectivity index (χ4v) is 4.03. The Bertz CT molecular complexity index is 1100. The molecule has 30 heavy (non-hydrogen) atoms. The van der Waals surface area contributed by atoms with Gasteiger partial charge in [0.15, 0.2) is 6.61 Å². The van der Waals surface area contributed by atoms with Gasteiger partial charge in [-0.3, -0.25) is 9.52 Å². The lowest BCUT2D eigenvalue weighted by atomic mass is 10.2. The zero-order chi connectivity index (χ0) is 21.6. The third kappa shape index (κ3) is 6.20. The van der Waals surface area contributed by atoms with Crippen LogP contribution in [0.5, 0.6) is 5.75 Å².